The fourth-order valence-corrected chi connectivity index (χ4v) is 2.43. The lowest BCUT2D eigenvalue weighted by Crippen LogP contribution is -2.54. The van der Waals surface area contributed by atoms with Gasteiger partial charge in [0.1, 0.15) is 5.75 Å². The Labute approximate surface area is 91.9 Å². The van der Waals surface area contributed by atoms with Gasteiger partial charge in [-0.2, -0.15) is 0 Å². The third-order valence-corrected chi connectivity index (χ3v) is 3.36. The molecule has 0 saturated carbocycles. The maximum atomic E-state index is 5.16. The molecule has 0 unspecified atom stereocenters. The van der Waals surface area contributed by atoms with E-state index >= 15 is 0 Å². The molecule has 15 heavy (non-hydrogen) atoms. The van der Waals surface area contributed by atoms with Gasteiger partial charge in [-0.3, -0.25) is 0 Å². The maximum absolute atomic E-state index is 5.16. The Morgan fingerprint density at radius 2 is 2.00 bits per heavy atom. The zero-order valence-electron chi connectivity index (χ0n) is 9.73. The molecule has 1 fully saturated rings. The van der Waals surface area contributed by atoms with E-state index in [1.807, 2.05) is 12.1 Å². The minimum atomic E-state index is 0.721. The van der Waals surface area contributed by atoms with E-state index in [-0.39, 0.29) is 0 Å². The largest absolute Gasteiger partial charge is 0.497 e. The van der Waals surface area contributed by atoms with Crippen LogP contribution in [0.2, 0.25) is 0 Å². The summed E-state index contributed by atoms with van der Waals surface area (Å²) in [6.45, 7) is 5.77. The fraction of sp³-hybridized carbons (Fsp3) is 0.538. The molecular weight excluding hydrogens is 186 g/mol. The van der Waals surface area contributed by atoms with Crippen LogP contribution >= 0.6 is 0 Å². The average molecular weight is 205 g/mol. The predicted octanol–water partition coefficient (Wildman–Crippen LogP) is 2.93. The Bertz CT molecular complexity index is 320. The van der Waals surface area contributed by atoms with Crippen LogP contribution in [-0.2, 0) is 0 Å². The van der Waals surface area contributed by atoms with Gasteiger partial charge in [0.25, 0.3) is 0 Å². The van der Waals surface area contributed by atoms with Gasteiger partial charge in [-0.05, 0) is 36.6 Å². The first kappa shape index (κ1) is 10.3. The third kappa shape index (κ3) is 1.81. The lowest BCUT2D eigenvalue weighted by atomic mass is 9.88. The van der Waals surface area contributed by atoms with Crippen molar-refractivity contribution in [3.8, 4) is 5.75 Å². The van der Waals surface area contributed by atoms with Crippen molar-refractivity contribution in [2.75, 3.05) is 18.6 Å². The molecule has 0 spiro atoms. The monoisotopic (exact) mass is 205 g/mol. The van der Waals surface area contributed by atoms with E-state index in [0.717, 1.165) is 17.7 Å². The molecular formula is C13H19NO. The minimum absolute atomic E-state index is 0.721. The summed E-state index contributed by atoms with van der Waals surface area (Å²) >= 11 is 0. The molecule has 82 valence electrons. The highest BCUT2D eigenvalue weighted by Gasteiger charge is 2.33. The second kappa shape index (κ2) is 4.13. The lowest BCUT2D eigenvalue weighted by molar-refractivity contribution is 0.309. The standard InChI is InChI=1S/C13H19NO/c1-4-13-10(2)9-14(13)11-5-7-12(15-3)8-6-11/h5-8,10,13H,4,9H2,1-3H3/t10-,13-/m1/s1. The highest BCUT2D eigenvalue weighted by atomic mass is 16.5. The van der Waals surface area contributed by atoms with Crippen LogP contribution in [0.3, 0.4) is 0 Å². The van der Waals surface area contributed by atoms with E-state index < -0.39 is 0 Å². The summed E-state index contributed by atoms with van der Waals surface area (Å²) in [6.07, 6.45) is 1.23. The van der Waals surface area contributed by atoms with Crippen molar-refractivity contribution in [2.45, 2.75) is 26.3 Å². The molecule has 2 rings (SSSR count). The highest BCUT2D eigenvalue weighted by Crippen LogP contribution is 2.33. The average Bonchev–Trinajstić information content (AvgIpc) is 2.26. The molecule has 1 aliphatic rings. The number of rotatable bonds is 3. The summed E-state index contributed by atoms with van der Waals surface area (Å²) in [5.41, 5.74) is 1.32. The first-order valence-corrected chi connectivity index (χ1v) is 5.67. The summed E-state index contributed by atoms with van der Waals surface area (Å²) in [5, 5.41) is 0. The Morgan fingerprint density at radius 3 is 2.47 bits per heavy atom. The van der Waals surface area contributed by atoms with Crippen molar-refractivity contribution in [1.29, 1.82) is 0 Å². The highest BCUT2D eigenvalue weighted by molar-refractivity contribution is 5.52. The van der Waals surface area contributed by atoms with Crippen LogP contribution in [0.5, 0.6) is 5.75 Å². The topological polar surface area (TPSA) is 12.5 Å². The Balaban J connectivity index is 2.10. The second-order valence-corrected chi connectivity index (χ2v) is 4.30. The molecule has 0 amide bonds. The van der Waals surface area contributed by atoms with Gasteiger partial charge in [0.2, 0.25) is 0 Å². The van der Waals surface area contributed by atoms with E-state index in [2.05, 4.69) is 30.9 Å². The predicted molar refractivity (Wildman–Crippen MR) is 63.6 cm³/mol. The fourth-order valence-electron chi connectivity index (χ4n) is 2.43. The van der Waals surface area contributed by atoms with Crippen LogP contribution < -0.4 is 9.64 Å². The zero-order valence-corrected chi connectivity index (χ0v) is 9.73. The zero-order chi connectivity index (χ0) is 10.8. The van der Waals surface area contributed by atoms with Crippen LogP contribution in [0.4, 0.5) is 5.69 Å². The van der Waals surface area contributed by atoms with Crippen molar-refractivity contribution in [1.82, 2.24) is 0 Å². The molecule has 0 N–H and O–H groups in total. The van der Waals surface area contributed by atoms with Gasteiger partial charge in [-0.25, -0.2) is 0 Å². The number of hydrogen-bond donors (Lipinski definition) is 0. The summed E-state index contributed by atoms with van der Waals surface area (Å²) in [4.78, 5) is 2.48. The smallest absolute Gasteiger partial charge is 0.119 e. The number of methoxy groups -OCH3 is 1. The molecule has 1 aromatic rings. The maximum Gasteiger partial charge on any atom is 0.119 e. The van der Waals surface area contributed by atoms with Gasteiger partial charge in [0, 0.05) is 18.3 Å². The number of hydrogen-bond acceptors (Lipinski definition) is 2. The normalized spacial score (nSPS) is 24.9. The molecule has 1 saturated heterocycles. The quantitative estimate of drug-likeness (QED) is 0.752. The van der Waals surface area contributed by atoms with Gasteiger partial charge in [0.05, 0.1) is 7.11 Å². The van der Waals surface area contributed by atoms with Gasteiger partial charge in [-0.15, -0.1) is 0 Å². The molecule has 1 aromatic carbocycles. The summed E-state index contributed by atoms with van der Waals surface area (Å²) in [7, 11) is 1.70. The van der Waals surface area contributed by atoms with Crippen molar-refractivity contribution < 1.29 is 4.74 Å². The van der Waals surface area contributed by atoms with E-state index in [4.69, 9.17) is 4.74 Å². The Morgan fingerprint density at radius 1 is 1.33 bits per heavy atom. The molecule has 2 atom stereocenters. The summed E-state index contributed by atoms with van der Waals surface area (Å²) in [6, 6.07) is 9.08. The van der Waals surface area contributed by atoms with Crippen LogP contribution in [0.15, 0.2) is 24.3 Å². The van der Waals surface area contributed by atoms with Crippen LogP contribution in [-0.4, -0.2) is 19.7 Å². The first-order chi connectivity index (χ1) is 7.26. The third-order valence-electron chi connectivity index (χ3n) is 3.36. The Kier molecular flexibility index (Phi) is 2.85. The number of nitrogens with zero attached hydrogens (tertiary/aromatic N) is 1. The minimum Gasteiger partial charge on any atom is -0.497 e. The van der Waals surface area contributed by atoms with E-state index in [1.54, 1.807) is 7.11 Å². The van der Waals surface area contributed by atoms with E-state index in [0.29, 0.717) is 0 Å². The number of benzene rings is 1. The van der Waals surface area contributed by atoms with Crippen molar-refractivity contribution in [3.63, 3.8) is 0 Å². The Hall–Kier alpha value is -1.18. The molecule has 0 bridgehead atoms. The van der Waals surface area contributed by atoms with Crippen LogP contribution in [0.25, 0.3) is 0 Å². The van der Waals surface area contributed by atoms with E-state index in [9.17, 15) is 0 Å². The lowest BCUT2D eigenvalue weighted by Gasteiger charge is -2.48. The van der Waals surface area contributed by atoms with Crippen LogP contribution in [0.1, 0.15) is 20.3 Å². The second-order valence-electron chi connectivity index (χ2n) is 4.30. The SMILES string of the molecule is CC[C@@H]1[C@H](C)CN1c1ccc(OC)cc1. The number of ether oxygens (including phenoxy) is 1. The molecule has 2 heteroatoms. The van der Waals surface area contributed by atoms with Gasteiger partial charge < -0.3 is 9.64 Å². The van der Waals surface area contributed by atoms with Crippen molar-refractivity contribution >= 4 is 5.69 Å². The number of anilines is 1. The molecule has 1 aliphatic heterocycles. The summed E-state index contributed by atoms with van der Waals surface area (Å²) < 4.78 is 5.16. The van der Waals surface area contributed by atoms with Crippen molar-refractivity contribution in [3.05, 3.63) is 24.3 Å². The first-order valence-electron chi connectivity index (χ1n) is 5.67. The summed E-state index contributed by atoms with van der Waals surface area (Å²) in [5.74, 6) is 1.76. The molecule has 1 heterocycles. The molecule has 2 nitrogen and oxygen atoms in total. The van der Waals surface area contributed by atoms with E-state index in [1.165, 1.54) is 18.7 Å². The van der Waals surface area contributed by atoms with Gasteiger partial charge in [0.15, 0.2) is 0 Å². The van der Waals surface area contributed by atoms with Crippen molar-refractivity contribution in [2.24, 2.45) is 5.92 Å². The molecule has 0 aromatic heterocycles. The van der Waals surface area contributed by atoms with Crippen LogP contribution in [0, 0.1) is 5.92 Å². The van der Waals surface area contributed by atoms with Gasteiger partial charge >= 0.3 is 0 Å². The van der Waals surface area contributed by atoms with Gasteiger partial charge in [-0.1, -0.05) is 13.8 Å². The molecule has 0 aliphatic carbocycles. The molecule has 0 radical (unpaired) electrons.